The van der Waals surface area contributed by atoms with Gasteiger partial charge in [-0.2, -0.15) is 0 Å². The number of nitrogens with one attached hydrogen (secondary N) is 1. The molecule has 0 saturated carbocycles. The lowest BCUT2D eigenvalue weighted by Gasteiger charge is -2.23. The Balaban J connectivity index is 1.89. The summed E-state index contributed by atoms with van der Waals surface area (Å²) in [6, 6.07) is 10.5. The van der Waals surface area contributed by atoms with E-state index in [1.807, 2.05) is 12.1 Å². The Bertz CT molecular complexity index is 865. The van der Waals surface area contributed by atoms with Crippen molar-refractivity contribution >= 4 is 11.9 Å². The van der Waals surface area contributed by atoms with Gasteiger partial charge in [-0.15, -0.1) is 0 Å². The number of imide groups is 1. The molecule has 2 aromatic rings. The molecule has 1 aliphatic heterocycles. The molecule has 0 aliphatic carbocycles. The average molecular weight is 358 g/mol. The van der Waals surface area contributed by atoms with E-state index in [0.29, 0.717) is 11.5 Å². The number of carbonyl (C=O) groups is 2. The minimum Gasteiger partial charge on any atom is -0.319 e. The molecule has 0 spiro atoms. The Morgan fingerprint density at radius 2 is 1.73 bits per heavy atom. The minimum absolute atomic E-state index is 0.0482. The van der Waals surface area contributed by atoms with E-state index < -0.39 is 29.1 Å². The van der Waals surface area contributed by atoms with Crippen molar-refractivity contribution < 1.29 is 18.4 Å². The van der Waals surface area contributed by atoms with E-state index in [4.69, 9.17) is 0 Å². The van der Waals surface area contributed by atoms with Crippen molar-refractivity contribution in [2.24, 2.45) is 0 Å². The topological polar surface area (TPSA) is 49.4 Å². The maximum Gasteiger partial charge on any atom is 0.325 e. The summed E-state index contributed by atoms with van der Waals surface area (Å²) >= 11 is 0. The highest BCUT2D eigenvalue weighted by Crippen LogP contribution is 2.31. The molecule has 3 rings (SSSR count). The van der Waals surface area contributed by atoms with E-state index in [1.165, 1.54) is 12.1 Å². The molecule has 6 heteroatoms. The van der Waals surface area contributed by atoms with Crippen LogP contribution in [0.5, 0.6) is 0 Å². The zero-order valence-corrected chi connectivity index (χ0v) is 14.8. The molecular formula is C20H20F2N2O2. The van der Waals surface area contributed by atoms with Crippen molar-refractivity contribution in [3.8, 4) is 0 Å². The second kappa shape index (κ2) is 6.52. The third-order valence-electron chi connectivity index (χ3n) is 4.79. The van der Waals surface area contributed by atoms with Crippen molar-refractivity contribution in [2.45, 2.75) is 38.8 Å². The molecule has 3 amide bonds. The van der Waals surface area contributed by atoms with E-state index in [1.54, 1.807) is 19.1 Å². The molecule has 1 aliphatic rings. The fraction of sp³-hybridized carbons (Fsp3) is 0.300. The predicted octanol–water partition coefficient (Wildman–Crippen LogP) is 4.06. The molecule has 1 atom stereocenters. The summed E-state index contributed by atoms with van der Waals surface area (Å²) in [5.74, 6) is -2.22. The number of rotatable bonds is 4. The first-order valence-electron chi connectivity index (χ1n) is 8.41. The van der Waals surface area contributed by atoms with Crippen LogP contribution in [-0.2, 0) is 16.9 Å². The van der Waals surface area contributed by atoms with Crippen LogP contribution in [-0.4, -0.2) is 16.8 Å². The van der Waals surface area contributed by atoms with E-state index in [9.17, 15) is 18.4 Å². The predicted molar refractivity (Wildman–Crippen MR) is 93.3 cm³/mol. The van der Waals surface area contributed by atoms with E-state index in [-0.39, 0.29) is 12.1 Å². The molecule has 1 heterocycles. The first-order valence-corrected chi connectivity index (χ1v) is 8.41. The standard InChI is InChI=1S/C20H20F2N2O2/c1-12(2)13-7-9-15(10-8-13)20(3)18(25)24(19(26)23-20)11-14-5-4-6-16(21)17(14)22/h4-10,12H,11H2,1-3H3,(H,23,26). The van der Waals surface area contributed by atoms with Gasteiger partial charge in [-0.25, -0.2) is 13.6 Å². The number of halogens is 2. The van der Waals surface area contributed by atoms with Crippen LogP contribution in [0, 0.1) is 11.6 Å². The SMILES string of the molecule is CC(C)c1ccc(C2(C)NC(=O)N(Cc3cccc(F)c3F)C2=O)cc1. The van der Waals surface area contributed by atoms with E-state index in [0.717, 1.165) is 16.5 Å². The summed E-state index contributed by atoms with van der Waals surface area (Å²) in [5.41, 5.74) is 0.472. The zero-order chi connectivity index (χ0) is 19.1. The number of amides is 3. The van der Waals surface area contributed by atoms with Crippen LogP contribution < -0.4 is 5.32 Å². The fourth-order valence-electron chi connectivity index (χ4n) is 3.08. The molecule has 136 valence electrons. The third-order valence-corrected chi connectivity index (χ3v) is 4.79. The van der Waals surface area contributed by atoms with Gasteiger partial charge in [-0.1, -0.05) is 50.2 Å². The normalized spacial score (nSPS) is 20.0. The molecular weight excluding hydrogens is 338 g/mol. The van der Waals surface area contributed by atoms with Gasteiger partial charge in [0.2, 0.25) is 0 Å². The van der Waals surface area contributed by atoms with Crippen LogP contribution >= 0.6 is 0 Å². The Morgan fingerprint density at radius 1 is 1.08 bits per heavy atom. The van der Waals surface area contributed by atoms with Gasteiger partial charge in [-0.05, 0) is 30.0 Å². The molecule has 0 bridgehead atoms. The van der Waals surface area contributed by atoms with E-state index in [2.05, 4.69) is 19.2 Å². The summed E-state index contributed by atoms with van der Waals surface area (Å²) in [7, 11) is 0. The summed E-state index contributed by atoms with van der Waals surface area (Å²) in [5, 5.41) is 2.67. The van der Waals surface area contributed by atoms with Gasteiger partial charge in [0, 0.05) is 5.56 Å². The smallest absolute Gasteiger partial charge is 0.319 e. The molecule has 2 aromatic carbocycles. The highest BCUT2D eigenvalue weighted by Gasteiger charge is 2.49. The molecule has 4 nitrogen and oxygen atoms in total. The number of benzene rings is 2. The molecule has 26 heavy (non-hydrogen) atoms. The van der Waals surface area contributed by atoms with Crippen LogP contribution in [0.25, 0.3) is 0 Å². The van der Waals surface area contributed by atoms with Crippen LogP contribution in [0.15, 0.2) is 42.5 Å². The molecule has 0 aromatic heterocycles. The Hall–Kier alpha value is -2.76. The average Bonchev–Trinajstić information content (AvgIpc) is 2.83. The second-order valence-corrected chi connectivity index (χ2v) is 6.94. The van der Waals surface area contributed by atoms with Crippen LogP contribution in [0.4, 0.5) is 13.6 Å². The van der Waals surface area contributed by atoms with Gasteiger partial charge >= 0.3 is 6.03 Å². The lowest BCUT2D eigenvalue weighted by Crippen LogP contribution is -2.40. The number of hydrogen-bond acceptors (Lipinski definition) is 2. The second-order valence-electron chi connectivity index (χ2n) is 6.94. The van der Waals surface area contributed by atoms with Gasteiger partial charge in [0.05, 0.1) is 6.54 Å². The Labute approximate surface area is 150 Å². The molecule has 1 saturated heterocycles. The Kier molecular flexibility index (Phi) is 4.52. The van der Waals surface area contributed by atoms with Gasteiger partial charge < -0.3 is 5.32 Å². The van der Waals surface area contributed by atoms with Crippen LogP contribution in [0.2, 0.25) is 0 Å². The van der Waals surface area contributed by atoms with Gasteiger partial charge in [0.25, 0.3) is 5.91 Å². The molecule has 1 fully saturated rings. The highest BCUT2D eigenvalue weighted by atomic mass is 19.2. The van der Waals surface area contributed by atoms with E-state index >= 15 is 0 Å². The van der Waals surface area contributed by atoms with Crippen molar-refractivity contribution in [3.05, 3.63) is 70.8 Å². The monoisotopic (exact) mass is 358 g/mol. The Morgan fingerprint density at radius 3 is 2.35 bits per heavy atom. The highest BCUT2D eigenvalue weighted by molar-refractivity contribution is 6.07. The van der Waals surface area contributed by atoms with Crippen molar-refractivity contribution in [1.82, 2.24) is 10.2 Å². The summed E-state index contributed by atoms with van der Waals surface area (Å²) in [6.45, 7) is 5.41. The summed E-state index contributed by atoms with van der Waals surface area (Å²) in [4.78, 5) is 26.1. The van der Waals surface area contributed by atoms with Crippen molar-refractivity contribution in [2.75, 3.05) is 0 Å². The molecule has 0 radical (unpaired) electrons. The maximum absolute atomic E-state index is 13.9. The summed E-state index contributed by atoms with van der Waals surface area (Å²) in [6.07, 6.45) is 0. The first-order chi connectivity index (χ1) is 12.2. The van der Waals surface area contributed by atoms with Gasteiger partial charge in [0.15, 0.2) is 11.6 Å². The van der Waals surface area contributed by atoms with Gasteiger partial charge in [0.1, 0.15) is 5.54 Å². The summed E-state index contributed by atoms with van der Waals surface area (Å²) < 4.78 is 27.3. The number of hydrogen-bond donors (Lipinski definition) is 1. The fourth-order valence-corrected chi connectivity index (χ4v) is 3.08. The maximum atomic E-state index is 13.9. The lowest BCUT2D eigenvalue weighted by molar-refractivity contribution is -0.131. The van der Waals surface area contributed by atoms with Crippen LogP contribution in [0.3, 0.4) is 0 Å². The lowest BCUT2D eigenvalue weighted by atomic mass is 9.90. The number of carbonyl (C=O) groups excluding carboxylic acids is 2. The van der Waals surface area contributed by atoms with Gasteiger partial charge in [-0.3, -0.25) is 9.69 Å². The number of urea groups is 1. The van der Waals surface area contributed by atoms with Crippen LogP contribution in [0.1, 0.15) is 43.4 Å². The zero-order valence-electron chi connectivity index (χ0n) is 14.8. The first kappa shape index (κ1) is 18.0. The molecule has 1 N–H and O–H groups in total. The van der Waals surface area contributed by atoms with Crippen molar-refractivity contribution in [1.29, 1.82) is 0 Å². The van der Waals surface area contributed by atoms with Crippen molar-refractivity contribution in [3.63, 3.8) is 0 Å². The minimum atomic E-state index is -1.24. The largest absolute Gasteiger partial charge is 0.325 e. The number of nitrogens with zero attached hydrogens (tertiary/aromatic N) is 1. The quantitative estimate of drug-likeness (QED) is 0.838. The third kappa shape index (κ3) is 2.96. The molecule has 1 unspecified atom stereocenters.